The Morgan fingerprint density at radius 1 is 0.914 bits per heavy atom. The normalized spacial score (nSPS) is 12.4. The van der Waals surface area contributed by atoms with E-state index >= 15 is 0 Å². The highest BCUT2D eigenvalue weighted by molar-refractivity contribution is 6.21. The van der Waals surface area contributed by atoms with Crippen LogP contribution in [0.25, 0.3) is 0 Å². The van der Waals surface area contributed by atoms with Crippen LogP contribution in [0.5, 0.6) is 5.75 Å². The molecule has 0 unspecified atom stereocenters. The van der Waals surface area contributed by atoms with Crippen molar-refractivity contribution >= 4 is 23.6 Å². The second kappa shape index (κ2) is 9.80. The Labute approximate surface area is 203 Å². The Kier molecular flexibility index (Phi) is 6.64. The molecule has 1 N–H and O–H groups in total. The number of methoxy groups -OCH3 is 1. The first kappa shape index (κ1) is 23.7. The Morgan fingerprint density at radius 3 is 2.09 bits per heavy atom. The lowest BCUT2D eigenvalue weighted by atomic mass is 10.1. The van der Waals surface area contributed by atoms with Crippen molar-refractivity contribution in [2.45, 2.75) is 13.1 Å². The summed E-state index contributed by atoms with van der Waals surface area (Å²) in [6.45, 7) is 0.361. The van der Waals surface area contributed by atoms with Crippen molar-refractivity contribution in [3.8, 4) is 5.75 Å². The molecule has 3 aromatic rings. The summed E-state index contributed by atoms with van der Waals surface area (Å²) in [7, 11) is 4.72. The highest BCUT2D eigenvalue weighted by Gasteiger charge is 2.35. The average Bonchev–Trinajstić information content (AvgIpc) is 3.13. The molecule has 4 rings (SSSR count). The van der Waals surface area contributed by atoms with E-state index in [4.69, 9.17) is 4.74 Å². The smallest absolute Gasteiger partial charge is 0.261 e. The summed E-state index contributed by atoms with van der Waals surface area (Å²) in [5, 5.41) is 2.57. The van der Waals surface area contributed by atoms with Gasteiger partial charge in [0.05, 0.1) is 30.3 Å². The van der Waals surface area contributed by atoms with Crippen LogP contribution >= 0.6 is 0 Å². The molecule has 0 aromatic heterocycles. The van der Waals surface area contributed by atoms with Crippen LogP contribution in [-0.4, -0.2) is 54.6 Å². The molecule has 3 aromatic carbocycles. The van der Waals surface area contributed by atoms with E-state index in [1.54, 1.807) is 85.7 Å². The van der Waals surface area contributed by atoms with Crippen LogP contribution in [0.4, 0.5) is 0 Å². The zero-order valence-electron chi connectivity index (χ0n) is 19.7. The second-order valence-corrected chi connectivity index (χ2v) is 8.21. The molecule has 0 fully saturated rings. The number of carbonyl (C=O) groups is 4. The number of rotatable bonds is 7. The van der Waals surface area contributed by atoms with Crippen molar-refractivity contribution < 1.29 is 23.9 Å². The molecule has 0 aliphatic carbocycles. The summed E-state index contributed by atoms with van der Waals surface area (Å²) in [6.07, 6.45) is 0. The van der Waals surface area contributed by atoms with E-state index in [-0.39, 0.29) is 30.2 Å². The molecule has 4 amide bonds. The quantitative estimate of drug-likeness (QED) is 0.534. The molecule has 35 heavy (non-hydrogen) atoms. The largest absolute Gasteiger partial charge is 0.496 e. The zero-order chi connectivity index (χ0) is 25.1. The summed E-state index contributed by atoms with van der Waals surface area (Å²) in [6, 6.07) is 18.8. The molecule has 0 saturated carbocycles. The summed E-state index contributed by atoms with van der Waals surface area (Å²) >= 11 is 0. The third-order valence-electron chi connectivity index (χ3n) is 5.92. The molecule has 0 atom stereocenters. The fraction of sp³-hybridized carbons (Fsp3) is 0.185. The first-order valence-electron chi connectivity index (χ1n) is 11.0. The van der Waals surface area contributed by atoms with Gasteiger partial charge in [-0.25, -0.2) is 0 Å². The number of imide groups is 1. The lowest BCUT2D eigenvalue weighted by Crippen LogP contribution is -2.30. The summed E-state index contributed by atoms with van der Waals surface area (Å²) in [5.41, 5.74) is 3.11. The first-order chi connectivity index (χ1) is 16.8. The minimum atomic E-state index is -0.355. The van der Waals surface area contributed by atoms with Crippen molar-refractivity contribution in [3.05, 3.63) is 100 Å². The Balaban J connectivity index is 1.52. The highest BCUT2D eigenvalue weighted by atomic mass is 16.5. The van der Waals surface area contributed by atoms with E-state index in [2.05, 4.69) is 5.32 Å². The van der Waals surface area contributed by atoms with Gasteiger partial charge in [-0.15, -0.1) is 0 Å². The van der Waals surface area contributed by atoms with Gasteiger partial charge in [-0.3, -0.25) is 24.1 Å². The van der Waals surface area contributed by atoms with Gasteiger partial charge in [0.1, 0.15) is 5.75 Å². The van der Waals surface area contributed by atoms with Crippen LogP contribution in [0.15, 0.2) is 66.7 Å². The fourth-order valence-electron chi connectivity index (χ4n) is 4.04. The van der Waals surface area contributed by atoms with Gasteiger partial charge >= 0.3 is 0 Å². The second-order valence-electron chi connectivity index (χ2n) is 8.21. The van der Waals surface area contributed by atoms with Crippen LogP contribution in [0.1, 0.15) is 52.6 Å². The number of carbonyl (C=O) groups excluding carboxylic acids is 4. The maximum Gasteiger partial charge on any atom is 0.261 e. The summed E-state index contributed by atoms with van der Waals surface area (Å²) in [4.78, 5) is 53.2. The number of ether oxygens (including phenoxy) is 1. The molecular weight excluding hydrogens is 446 g/mol. The molecule has 8 nitrogen and oxygen atoms in total. The number of nitrogens with one attached hydrogen (secondary N) is 1. The van der Waals surface area contributed by atoms with Gasteiger partial charge in [-0.05, 0) is 47.5 Å². The van der Waals surface area contributed by atoms with E-state index in [9.17, 15) is 19.2 Å². The van der Waals surface area contributed by atoms with E-state index in [1.165, 1.54) is 12.0 Å². The van der Waals surface area contributed by atoms with Gasteiger partial charge in [-0.2, -0.15) is 0 Å². The SMILES string of the molecule is CNC(=O)c1ccc(CN(C)C(=O)c2cc(CN3C(=O)c4ccccc4C3=O)ccc2OC)cc1. The molecule has 178 valence electrons. The monoisotopic (exact) mass is 471 g/mol. The predicted octanol–water partition coefficient (Wildman–Crippen LogP) is 3.12. The van der Waals surface area contributed by atoms with E-state index in [0.717, 1.165) is 5.56 Å². The Morgan fingerprint density at radius 2 is 1.51 bits per heavy atom. The zero-order valence-corrected chi connectivity index (χ0v) is 19.7. The molecule has 8 heteroatoms. The molecule has 1 aliphatic rings. The van der Waals surface area contributed by atoms with Crippen molar-refractivity contribution in [3.63, 3.8) is 0 Å². The van der Waals surface area contributed by atoms with Gasteiger partial charge in [0.2, 0.25) is 0 Å². The maximum absolute atomic E-state index is 13.3. The standard InChI is InChI=1S/C27H25N3O5/c1-28-24(31)19-11-8-17(9-12-19)15-29(2)25(32)22-14-18(10-13-23(22)35-3)16-30-26(33)20-6-4-5-7-21(20)27(30)34/h4-14H,15-16H2,1-3H3,(H,28,31). The van der Waals surface area contributed by atoms with Gasteiger partial charge < -0.3 is 15.0 Å². The number of hydrogen-bond acceptors (Lipinski definition) is 5. The Hall–Kier alpha value is -4.46. The van der Waals surface area contributed by atoms with E-state index in [0.29, 0.717) is 40.1 Å². The molecular formula is C27H25N3O5. The van der Waals surface area contributed by atoms with Crippen LogP contribution in [0.2, 0.25) is 0 Å². The number of hydrogen-bond donors (Lipinski definition) is 1. The number of benzene rings is 3. The topological polar surface area (TPSA) is 96.0 Å². The lowest BCUT2D eigenvalue weighted by molar-refractivity contribution is 0.0641. The molecule has 0 bridgehead atoms. The summed E-state index contributed by atoms with van der Waals surface area (Å²) in [5.74, 6) is -0.775. The average molecular weight is 472 g/mol. The van der Waals surface area contributed by atoms with E-state index < -0.39 is 0 Å². The minimum Gasteiger partial charge on any atom is -0.496 e. The van der Waals surface area contributed by atoms with E-state index in [1.807, 2.05) is 0 Å². The number of amides is 4. The molecule has 1 heterocycles. The van der Waals surface area contributed by atoms with Gasteiger partial charge in [-0.1, -0.05) is 30.3 Å². The Bertz CT molecular complexity index is 1280. The number of nitrogens with zero attached hydrogens (tertiary/aromatic N) is 2. The molecule has 1 aliphatic heterocycles. The molecule has 0 radical (unpaired) electrons. The maximum atomic E-state index is 13.3. The summed E-state index contributed by atoms with van der Waals surface area (Å²) < 4.78 is 5.40. The minimum absolute atomic E-state index is 0.0429. The van der Waals surface area contributed by atoms with Crippen molar-refractivity contribution in [2.24, 2.45) is 0 Å². The molecule has 0 saturated heterocycles. The van der Waals surface area contributed by atoms with Crippen LogP contribution in [0, 0.1) is 0 Å². The van der Waals surface area contributed by atoms with Gasteiger partial charge in [0.15, 0.2) is 0 Å². The molecule has 0 spiro atoms. The van der Waals surface area contributed by atoms with Gasteiger partial charge in [0.25, 0.3) is 23.6 Å². The third kappa shape index (κ3) is 4.63. The van der Waals surface area contributed by atoms with Crippen molar-refractivity contribution in [2.75, 3.05) is 21.2 Å². The lowest BCUT2D eigenvalue weighted by Gasteiger charge is -2.20. The number of fused-ring (bicyclic) bond motifs is 1. The van der Waals surface area contributed by atoms with Crippen LogP contribution in [-0.2, 0) is 13.1 Å². The van der Waals surface area contributed by atoms with Crippen molar-refractivity contribution in [1.29, 1.82) is 0 Å². The fourth-order valence-corrected chi connectivity index (χ4v) is 4.04. The van der Waals surface area contributed by atoms with Crippen LogP contribution in [0.3, 0.4) is 0 Å². The van der Waals surface area contributed by atoms with Crippen molar-refractivity contribution in [1.82, 2.24) is 15.1 Å². The predicted molar refractivity (Wildman–Crippen MR) is 129 cm³/mol. The van der Waals surface area contributed by atoms with Crippen LogP contribution < -0.4 is 10.1 Å². The first-order valence-corrected chi connectivity index (χ1v) is 11.0. The third-order valence-corrected chi connectivity index (χ3v) is 5.92. The van der Waals surface area contributed by atoms with Gasteiger partial charge in [0, 0.05) is 26.2 Å². The highest BCUT2D eigenvalue weighted by Crippen LogP contribution is 2.27.